The number of nitrogens with zero attached hydrogens (tertiary/aromatic N) is 6. The topological polar surface area (TPSA) is 49.6 Å². The maximum absolute atomic E-state index is 4.53. The smallest absolute Gasteiger partial charge is 0.203 e. The molecule has 6 nitrogen and oxygen atoms in total. The van der Waals surface area contributed by atoms with Gasteiger partial charge in [-0.25, -0.2) is 4.98 Å². The summed E-state index contributed by atoms with van der Waals surface area (Å²) in [7, 11) is 0. The molecule has 4 rings (SSSR count). The van der Waals surface area contributed by atoms with Gasteiger partial charge in [-0.2, -0.15) is 0 Å². The highest BCUT2D eigenvalue weighted by atomic mass is 15.3. The van der Waals surface area contributed by atoms with Crippen molar-refractivity contribution in [3.05, 3.63) is 48.5 Å². The molecule has 0 spiro atoms. The fraction of sp³-hybridized carbons (Fsp3) is 0.312. The third-order valence-electron chi connectivity index (χ3n) is 4.18. The first kappa shape index (κ1) is 13.1. The third kappa shape index (κ3) is 2.16. The number of fused-ring (bicyclic) bond motifs is 1. The van der Waals surface area contributed by atoms with E-state index in [4.69, 9.17) is 0 Å². The summed E-state index contributed by atoms with van der Waals surface area (Å²) < 4.78 is 1.99. The summed E-state index contributed by atoms with van der Waals surface area (Å²) in [6.45, 7) is 5.80. The fourth-order valence-corrected chi connectivity index (χ4v) is 2.97. The molecular formula is C16H18N6. The summed E-state index contributed by atoms with van der Waals surface area (Å²) in [6, 6.07) is 10.6. The molecule has 0 saturated carbocycles. The lowest BCUT2D eigenvalue weighted by molar-refractivity contribution is 0.647. The number of para-hydroxylation sites is 1. The minimum absolute atomic E-state index is 0.841. The van der Waals surface area contributed by atoms with Crippen molar-refractivity contribution in [1.29, 1.82) is 0 Å². The first-order chi connectivity index (χ1) is 10.8. The van der Waals surface area contributed by atoms with Gasteiger partial charge in [-0.15, -0.1) is 10.2 Å². The molecule has 1 saturated heterocycles. The monoisotopic (exact) mass is 294 g/mol. The van der Waals surface area contributed by atoms with Crippen LogP contribution in [0.3, 0.4) is 0 Å². The molecule has 3 aromatic rings. The molecule has 1 aromatic carbocycles. The third-order valence-corrected chi connectivity index (χ3v) is 4.18. The van der Waals surface area contributed by atoms with Crippen LogP contribution >= 0.6 is 0 Å². The molecule has 0 atom stereocenters. The zero-order valence-corrected chi connectivity index (χ0v) is 12.6. The van der Waals surface area contributed by atoms with Crippen molar-refractivity contribution >= 4 is 17.2 Å². The Kier molecular flexibility index (Phi) is 3.14. The van der Waals surface area contributed by atoms with E-state index in [1.165, 1.54) is 5.69 Å². The van der Waals surface area contributed by atoms with Crippen LogP contribution in [0.15, 0.2) is 42.7 Å². The van der Waals surface area contributed by atoms with Crippen molar-refractivity contribution in [3.8, 4) is 0 Å². The standard InChI is InChI=1S/C16H18N6/c1-13-18-19-16-15(17-7-8-22(13)16)21-11-9-20(10-12-21)14-5-3-2-4-6-14/h2-8H,9-12H2,1H3. The number of rotatable bonds is 2. The van der Waals surface area contributed by atoms with Crippen LogP contribution in [0.2, 0.25) is 0 Å². The lowest BCUT2D eigenvalue weighted by Gasteiger charge is -2.36. The number of anilines is 2. The van der Waals surface area contributed by atoms with Gasteiger partial charge in [0.25, 0.3) is 0 Å². The minimum Gasteiger partial charge on any atom is -0.368 e. The number of hydrogen-bond donors (Lipinski definition) is 0. The average Bonchev–Trinajstić information content (AvgIpc) is 2.97. The van der Waals surface area contributed by atoms with E-state index in [0.717, 1.165) is 43.5 Å². The van der Waals surface area contributed by atoms with Crippen molar-refractivity contribution in [2.75, 3.05) is 36.0 Å². The average molecular weight is 294 g/mol. The van der Waals surface area contributed by atoms with Crippen LogP contribution < -0.4 is 9.80 Å². The summed E-state index contributed by atoms with van der Waals surface area (Å²) in [4.78, 5) is 9.23. The predicted molar refractivity (Wildman–Crippen MR) is 86.4 cm³/mol. The number of aromatic nitrogens is 4. The van der Waals surface area contributed by atoms with Crippen molar-refractivity contribution < 1.29 is 0 Å². The van der Waals surface area contributed by atoms with Gasteiger partial charge < -0.3 is 9.80 Å². The van der Waals surface area contributed by atoms with Crippen molar-refractivity contribution in [2.45, 2.75) is 6.92 Å². The SMILES string of the molecule is Cc1nnc2c(N3CCN(c4ccccc4)CC3)nccn12. The van der Waals surface area contributed by atoms with Crippen molar-refractivity contribution in [1.82, 2.24) is 19.6 Å². The van der Waals surface area contributed by atoms with E-state index in [-0.39, 0.29) is 0 Å². The van der Waals surface area contributed by atoms with Crippen molar-refractivity contribution in [3.63, 3.8) is 0 Å². The highest BCUT2D eigenvalue weighted by molar-refractivity contribution is 5.64. The normalized spacial score (nSPS) is 15.5. The van der Waals surface area contributed by atoms with Gasteiger partial charge in [0.1, 0.15) is 5.82 Å². The molecule has 1 aliphatic rings. The molecule has 0 amide bonds. The fourth-order valence-electron chi connectivity index (χ4n) is 2.97. The first-order valence-corrected chi connectivity index (χ1v) is 7.54. The lowest BCUT2D eigenvalue weighted by atomic mass is 10.2. The van der Waals surface area contributed by atoms with Gasteiger partial charge in [0.2, 0.25) is 5.65 Å². The number of piperazine rings is 1. The molecule has 0 aliphatic carbocycles. The Bertz CT molecular complexity index is 774. The molecule has 22 heavy (non-hydrogen) atoms. The van der Waals surface area contributed by atoms with E-state index < -0.39 is 0 Å². The minimum atomic E-state index is 0.841. The Balaban J connectivity index is 1.56. The van der Waals surface area contributed by atoms with Crippen LogP contribution in [-0.4, -0.2) is 45.8 Å². The highest BCUT2D eigenvalue weighted by Crippen LogP contribution is 2.21. The zero-order valence-electron chi connectivity index (χ0n) is 12.6. The second kappa shape index (κ2) is 5.29. The predicted octanol–water partition coefficient (Wildman–Crippen LogP) is 1.76. The molecule has 6 heteroatoms. The summed E-state index contributed by atoms with van der Waals surface area (Å²) in [5.41, 5.74) is 2.12. The van der Waals surface area contributed by atoms with Gasteiger partial charge in [-0.1, -0.05) is 18.2 Å². The van der Waals surface area contributed by atoms with Crippen LogP contribution in [-0.2, 0) is 0 Å². The highest BCUT2D eigenvalue weighted by Gasteiger charge is 2.21. The molecule has 0 N–H and O–H groups in total. The van der Waals surface area contributed by atoms with Gasteiger partial charge in [-0.3, -0.25) is 4.40 Å². The Hall–Kier alpha value is -2.63. The van der Waals surface area contributed by atoms with E-state index >= 15 is 0 Å². The van der Waals surface area contributed by atoms with Crippen molar-refractivity contribution in [2.24, 2.45) is 0 Å². The Morgan fingerprint density at radius 3 is 2.41 bits per heavy atom. The molecule has 0 radical (unpaired) electrons. The van der Waals surface area contributed by atoms with E-state index in [2.05, 4.69) is 55.3 Å². The van der Waals surface area contributed by atoms with E-state index in [1.54, 1.807) is 0 Å². The molecule has 0 unspecified atom stereocenters. The van der Waals surface area contributed by atoms with E-state index in [9.17, 15) is 0 Å². The van der Waals surface area contributed by atoms with Gasteiger partial charge in [-0.05, 0) is 19.1 Å². The zero-order chi connectivity index (χ0) is 14.9. The molecule has 3 heterocycles. The Labute approximate surface area is 129 Å². The number of benzene rings is 1. The second-order valence-corrected chi connectivity index (χ2v) is 5.50. The Morgan fingerprint density at radius 1 is 0.909 bits per heavy atom. The van der Waals surface area contributed by atoms with E-state index in [0.29, 0.717) is 0 Å². The molecule has 112 valence electrons. The molecular weight excluding hydrogens is 276 g/mol. The van der Waals surface area contributed by atoms with Gasteiger partial charge >= 0.3 is 0 Å². The van der Waals surface area contributed by atoms with E-state index in [1.807, 2.05) is 23.7 Å². The van der Waals surface area contributed by atoms with Gasteiger partial charge in [0.05, 0.1) is 0 Å². The maximum atomic E-state index is 4.53. The van der Waals surface area contributed by atoms with Gasteiger partial charge in [0, 0.05) is 44.3 Å². The quantitative estimate of drug-likeness (QED) is 0.721. The molecule has 1 aliphatic heterocycles. The summed E-state index contributed by atoms with van der Waals surface area (Å²) in [6.07, 6.45) is 3.73. The summed E-state index contributed by atoms with van der Waals surface area (Å²) in [5, 5.41) is 8.42. The molecule has 0 bridgehead atoms. The van der Waals surface area contributed by atoms with Crippen LogP contribution in [0.25, 0.3) is 5.65 Å². The maximum Gasteiger partial charge on any atom is 0.203 e. The molecule has 1 fully saturated rings. The van der Waals surface area contributed by atoms with Crippen LogP contribution in [0.4, 0.5) is 11.5 Å². The van der Waals surface area contributed by atoms with Crippen LogP contribution in [0, 0.1) is 6.92 Å². The first-order valence-electron chi connectivity index (χ1n) is 7.54. The second-order valence-electron chi connectivity index (χ2n) is 5.50. The lowest BCUT2D eigenvalue weighted by Crippen LogP contribution is -2.47. The number of hydrogen-bond acceptors (Lipinski definition) is 5. The Morgan fingerprint density at radius 2 is 1.64 bits per heavy atom. The molecule has 2 aromatic heterocycles. The van der Waals surface area contributed by atoms with Gasteiger partial charge in [0.15, 0.2) is 5.82 Å². The van der Waals surface area contributed by atoms with Crippen LogP contribution in [0.1, 0.15) is 5.82 Å². The van der Waals surface area contributed by atoms with Crippen LogP contribution in [0.5, 0.6) is 0 Å². The summed E-state index contributed by atoms with van der Waals surface area (Å²) in [5.74, 6) is 1.82. The largest absolute Gasteiger partial charge is 0.368 e. The summed E-state index contributed by atoms with van der Waals surface area (Å²) >= 11 is 0. The number of aryl methyl sites for hydroxylation is 1.